The molecular formula is C14H23NOS. The first-order chi connectivity index (χ1) is 8.22. The van der Waals surface area contributed by atoms with Crippen LogP contribution in [-0.4, -0.2) is 12.6 Å². The molecule has 0 radical (unpaired) electrons. The number of ether oxygens (including phenoxy) is 1. The summed E-state index contributed by atoms with van der Waals surface area (Å²) < 4.78 is 6.06. The van der Waals surface area contributed by atoms with E-state index in [1.165, 1.54) is 29.7 Å². The Hall–Kier alpha value is -0.380. The lowest BCUT2D eigenvalue weighted by atomic mass is 10.1. The molecule has 0 spiro atoms. The van der Waals surface area contributed by atoms with Crippen LogP contribution in [0.1, 0.15) is 49.2 Å². The van der Waals surface area contributed by atoms with Crippen molar-refractivity contribution >= 4 is 11.3 Å². The zero-order valence-corrected chi connectivity index (χ0v) is 11.6. The van der Waals surface area contributed by atoms with Gasteiger partial charge in [-0.1, -0.05) is 19.8 Å². The summed E-state index contributed by atoms with van der Waals surface area (Å²) in [6.07, 6.45) is 5.05. The molecule has 2 atom stereocenters. The second kappa shape index (κ2) is 5.98. The van der Waals surface area contributed by atoms with Crippen LogP contribution in [-0.2, 0) is 4.74 Å². The number of aryl methyl sites for hydroxylation is 1. The molecule has 1 aromatic rings. The third-order valence-electron chi connectivity index (χ3n) is 3.54. The summed E-state index contributed by atoms with van der Waals surface area (Å²) in [7, 11) is 0. The third-order valence-corrected chi connectivity index (χ3v) is 4.62. The van der Waals surface area contributed by atoms with E-state index in [2.05, 4.69) is 25.3 Å². The molecule has 0 saturated heterocycles. The molecule has 1 fully saturated rings. The highest BCUT2D eigenvalue weighted by atomic mass is 32.1. The molecule has 1 aromatic heterocycles. The molecule has 0 aliphatic heterocycles. The highest BCUT2D eigenvalue weighted by Gasteiger charge is 2.25. The van der Waals surface area contributed by atoms with Gasteiger partial charge in [0.05, 0.1) is 0 Å². The van der Waals surface area contributed by atoms with Gasteiger partial charge in [-0.2, -0.15) is 0 Å². The monoisotopic (exact) mass is 253 g/mol. The first-order valence-corrected chi connectivity index (χ1v) is 7.51. The molecule has 1 aliphatic carbocycles. The highest BCUT2D eigenvalue weighted by Crippen LogP contribution is 2.34. The topological polar surface area (TPSA) is 35.2 Å². The molecule has 1 heterocycles. The average Bonchev–Trinajstić information content (AvgIpc) is 3.06. The normalized spacial score (nSPS) is 19.2. The second-order valence-electron chi connectivity index (χ2n) is 5.06. The summed E-state index contributed by atoms with van der Waals surface area (Å²) in [6, 6.07) is 2.27. The van der Waals surface area contributed by atoms with Crippen LogP contribution in [0.5, 0.6) is 0 Å². The Labute approximate surface area is 108 Å². The summed E-state index contributed by atoms with van der Waals surface area (Å²) in [4.78, 5) is 1.31. The zero-order chi connectivity index (χ0) is 12.3. The van der Waals surface area contributed by atoms with E-state index in [0.29, 0.717) is 0 Å². The summed E-state index contributed by atoms with van der Waals surface area (Å²) in [6.45, 7) is 5.14. The van der Waals surface area contributed by atoms with E-state index in [0.717, 1.165) is 18.9 Å². The second-order valence-corrected chi connectivity index (χ2v) is 6.01. The third kappa shape index (κ3) is 3.54. The Bertz CT molecular complexity index is 346. The van der Waals surface area contributed by atoms with Gasteiger partial charge in [0.15, 0.2) is 0 Å². The standard InChI is InChI=1S/C14H23NOS/c1-3-12(15)13(14-10(2)7-9-17-14)16-8-6-11-4-5-11/h7,9,11-13H,3-6,8,15H2,1-2H3. The van der Waals surface area contributed by atoms with Crippen molar-refractivity contribution < 1.29 is 4.74 Å². The molecule has 2 rings (SSSR count). The lowest BCUT2D eigenvalue weighted by Gasteiger charge is -2.23. The lowest BCUT2D eigenvalue weighted by Crippen LogP contribution is -2.29. The van der Waals surface area contributed by atoms with E-state index in [4.69, 9.17) is 10.5 Å². The van der Waals surface area contributed by atoms with Crippen LogP contribution < -0.4 is 5.73 Å². The number of hydrogen-bond acceptors (Lipinski definition) is 3. The highest BCUT2D eigenvalue weighted by molar-refractivity contribution is 7.10. The molecule has 2 N–H and O–H groups in total. The minimum atomic E-state index is 0.0961. The van der Waals surface area contributed by atoms with Crippen molar-refractivity contribution in [3.8, 4) is 0 Å². The number of rotatable bonds is 7. The molecule has 0 aromatic carbocycles. The molecule has 1 saturated carbocycles. The van der Waals surface area contributed by atoms with Gasteiger partial charge >= 0.3 is 0 Å². The molecule has 0 bridgehead atoms. The van der Waals surface area contributed by atoms with Crippen LogP contribution >= 0.6 is 11.3 Å². The van der Waals surface area contributed by atoms with Crippen molar-refractivity contribution in [1.82, 2.24) is 0 Å². The van der Waals surface area contributed by atoms with Gasteiger partial charge in [0.2, 0.25) is 0 Å². The van der Waals surface area contributed by atoms with Gasteiger partial charge in [-0.05, 0) is 42.7 Å². The fourth-order valence-corrected chi connectivity index (χ4v) is 3.10. The van der Waals surface area contributed by atoms with E-state index in [9.17, 15) is 0 Å². The van der Waals surface area contributed by atoms with Gasteiger partial charge in [-0.3, -0.25) is 0 Å². The summed E-state index contributed by atoms with van der Waals surface area (Å²) in [5, 5.41) is 2.13. The lowest BCUT2D eigenvalue weighted by molar-refractivity contribution is 0.0320. The molecule has 17 heavy (non-hydrogen) atoms. The minimum Gasteiger partial charge on any atom is -0.371 e. The number of hydrogen-bond donors (Lipinski definition) is 1. The van der Waals surface area contributed by atoms with Crippen LogP contribution in [0.25, 0.3) is 0 Å². The first-order valence-electron chi connectivity index (χ1n) is 6.63. The van der Waals surface area contributed by atoms with Crippen LogP contribution in [0, 0.1) is 12.8 Å². The minimum absolute atomic E-state index is 0.0961. The van der Waals surface area contributed by atoms with E-state index in [1.807, 2.05) is 0 Å². The Morgan fingerprint density at radius 1 is 1.53 bits per heavy atom. The summed E-state index contributed by atoms with van der Waals surface area (Å²) in [5.41, 5.74) is 7.51. The summed E-state index contributed by atoms with van der Waals surface area (Å²) in [5.74, 6) is 0.929. The van der Waals surface area contributed by atoms with Crippen LogP contribution in [0.4, 0.5) is 0 Å². The Balaban J connectivity index is 1.94. The van der Waals surface area contributed by atoms with Crippen molar-refractivity contribution in [3.05, 3.63) is 21.9 Å². The van der Waals surface area contributed by atoms with Crippen LogP contribution in [0.3, 0.4) is 0 Å². The Morgan fingerprint density at radius 2 is 2.29 bits per heavy atom. The number of nitrogens with two attached hydrogens (primary N) is 1. The molecular weight excluding hydrogens is 230 g/mol. The Morgan fingerprint density at radius 3 is 2.82 bits per heavy atom. The van der Waals surface area contributed by atoms with Crippen molar-refractivity contribution in [1.29, 1.82) is 0 Å². The van der Waals surface area contributed by atoms with Gasteiger partial charge in [0, 0.05) is 17.5 Å². The van der Waals surface area contributed by atoms with E-state index >= 15 is 0 Å². The SMILES string of the molecule is CCC(N)C(OCCC1CC1)c1sccc1C. The summed E-state index contributed by atoms with van der Waals surface area (Å²) >= 11 is 1.77. The van der Waals surface area contributed by atoms with Gasteiger partial charge < -0.3 is 10.5 Å². The van der Waals surface area contributed by atoms with Crippen LogP contribution in [0.15, 0.2) is 11.4 Å². The van der Waals surface area contributed by atoms with E-state index < -0.39 is 0 Å². The largest absolute Gasteiger partial charge is 0.371 e. The molecule has 3 heteroatoms. The Kier molecular flexibility index (Phi) is 4.60. The smallest absolute Gasteiger partial charge is 0.107 e. The first kappa shape index (κ1) is 13.1. The maximum Gasteiger partial charge on any atom is 0.107 e. The van der Waals surface area contributed by atoms with Crippen LogP contribution in [0.2, 0.25) is 0 Å². The molecule has 1 aliphatic rings. The quantitative estimate of drug-likeness (QED) is 0.805. The van der Waals surface area contributed by atoms with Crippen molar-refractivity contribution in [3.63, 3.8) is 0 Å². The predicted molar refractivity (Wildman–Crippen MR) is 73.4 cm³/mol. The number of thiophene rings is 1. The molecule has 96 valence electrons. The van der Waals surface area contributed by atoms with Crippen molar-refractivity contribution in [2.75, 3.05) is 6.61 Å². The van der Waals surface area contributed by atoms with E-state index in [-0.39, 0.29) is 12.1 Å². The molecule has 2 unspecified atom stereocenters. The predicted octanol–water partition coefficient (Wildman–Crippen LogP) is 3.65. The fraction of sp³-hybridized carbons (Fsp3) is 0.714. The van der Waals surface area contributed by atoms with Gasteiger partial charge in [-0.25, -0.2) is 0 Å². The van der Waals surface area contributed by atoms with Crippen molar-refractivity contribution in [2.45, 2.75) is 51.7 Å². The zero-order valence-electron chi connectivity index (χ0n) is 10.8. The maximum atomic E-state index is 6.19. The molecule has 2 nitrogen and oxygen atoms in total. The van der Waals surface area contributed by atoms with Gasteiger partial charge in [0.25, 0.3) is 0 Å². The van der Waals surface area contributed by atoms with Crippen molar-refractivity contribution in [2.24, 2.45) is 11.7 Å². The van der Waals surface area contributed by atoms with E-state index in [1.54, 1.807) is 11.3 Å². The van der Waals surface area contributed by atoms with Gasteiger partial charge in [-0.15, -0.1) is 11.3 Å². The maximum absolute atomic E-state index is 6.19. The average molecular weight is 253 g/mol. The molecule has 0 amide bonds. The van der Waals surface area contributed by atoms with Gasteiger partial charge in [0.1, 0.15) is 6.10 Å². The fourth-order valence-electron chi connectivity index (χ4n) is 2.05.